The van der Waals surface area contributed by atoms with Crippen LogP contribution in [-0.4, -0.2) is 23.8 Å². The van der Waals surface area contributed by atoms with Crippen LogP contribution in [0, 0.1) is 11.3 Å². The van der Waals surface area contributed by atoms with E-state index in [2.05, 4.69) is 22.0 Å². The summed E-state index contributed by atoms with van der Waals surface area (Å²) < 4.78 is 19.9. The number of nitrogens with zero attached hydrogens (tertiary/aromatic N) is 3. The molecule has 0 saturated carbocycles. The second-order valence-corrected chi connectivity index (χ2v) is 12.5. The van der Waals surface area contributed by atoms with Crippen molar-refractivity contribution in [3.05, 3.63) is 155 Å². The number of esters is 1. The lowest BCUT2D eigenvalue weighted by Crippen LogP contribution is -2.40. The standard InChI is InChI=1S/C38H30BrN3O5S/c1-3-45-29-17-15-26(16-18-29)35-33(37(44)46-4-2)34(25-10-6-5-7-11-25)41-38-42(35)36(43)32(48-38)21-24-14-19-31(30(39)20-24)47-23-28-13-9-8-12-27(28)22-40/h5-21,35H,3-4,23H2,1-2H3/b32-21+/t35-/m0/s1. The smallest absolute Gasteiger partial charge is 0.338 e. The van der Waals surface area contributed by atoms with Gasteiger partial charge in [0, 0.05) is 11.1 Å². The van der Waals surface area contributed by atoms with E-state index in [1.54, 1.807) is 23.6 Å². The summed E-state index contributed by atoms with van der Waals surface area (Å²) in [5.74, 6) is 0.750. The Morgan fingerprint density at radius 3 is 2.44 bits per heavy atom. The summed E-state index contributed by atoms with van der Waals surface area (Å²) in [6.07, 6.45) is 1.80. The Kier molecular flexibility index (Phi) is 9.99. The molecular weight excluding hydrogens is 690 g/mol. The molecule has 0 unspecified atom stereocenters. The van der Waals surface area contributed by atoms with Crippen LogP contribution in [0.2, 0.25) is 0 Å². The predicted molar refractivity (Wildman–Crippen MR) is 188 cm³/mol. The van der Waals surface area contributed by atoms with Crippen LogP contribution >= 0.6 is 27.3 Å². The molecule has 0 N–H and O–H groups in total. The maximum Gasteiger partial charge on any atom is 0.338 e. The van der Waals surface area contributed by atoms with E-state index >= 15 is 0 Å². The molecule has 2 heterocycles. The second-order valence-electron chi connectivity index (χ2n) is 10.7. The fourth-order valence-corrected chi connectivity index (χ4v) is 6.97. The van der Waals surface area contributed by atoms with Gasteiger partial charge in [0.05, 0.1) is 51.2 Å². The van der Waals surface area contributed by atoms with Gasteiger partial charge in [-0.05, 0) is 77.3 Å². The lowest BCUT2D eigenvalue weighted by molar-refractivity contribution is -0.138. The third-order valence-corrected chi connectivity index (χ3v) is 9.26. The van der Waals surface area contributed by atoms with E-state index in [9.17, 15) is 14.9 Å². The van der Waals surface area contributed by atoms with Gasteiger partial charge in [-0.25, -0.2) is 9.79 Å². The van der Waals surface area contributed by atoms with E-state index in [4.69, 9.17) is 19.2 Å². The number of fused-ring (bicyclic) bond motifs is 1. The molecule has 0 fully saturated rings. The van der Waals surface area contributed by atoms with Crippen molar-refractivity contribution in [1.29, 1.82) is 5.26 Å². The minimum Gasteiger partial charge on any atom is -0.494 e. The molecule has 1 aliphatic heterocycles. The Bertz CT molecular complexity index is 2240. The van der Waals surface area contributed by atoms with Crippen LogP contribution in [0.5, 0.6) is 11.5 Å². The molecule has 0 bridgehead atoms. The zero-order valence-corrected chi connectivity index (χ0v) is 28.6. The molecule has 10 heteroatoms. The van der Waals surface area contributed by atoms with E-state index < -0.39 is 12.0 Å². The molecule has 240 valence electrons. The van der Waals surface area contributed by atoms with Crippen LogP contribution < -0.4 is 24.4 Å². The highest BCUT2D eigenvalue weighted by Gasteiger charge is 2.35. The lowest BCUT2D eigenvalue weighted by atomic mass is 9.93. The Morgan fingerprint density at radius 2 is 1.73 bits per heavy atom. The predicted octanol–water partition coefficient (Wildman–Crippen LogP) is 6.55. The third kappa shape index (κ3) is 6.74. The molecule has 0 radical (unpaired) electrons. The maximum atomic E-state index is 14.2. The van der Waals surface area contributed by atoms with Crippen molar-refractivity contribution in [3.8, 4) is 17.6 Å². The number of hydrogen-bond acceptors (Lipinski definition) is 8. The zero-order chi connectivity index (χ0) is 33.6. The maximum absolute atomic E-state index is 14.2. The van der Waals surface area contributed by atoms with Gasteiger partial charge in [-0.15, -0.1) is 0 Å². The van der Waals surface area contributed by atoms with Crippen LogP contribution in [0.15, 0.2) is 117 Å². The first-order valence-electron chi connectivity index (χ1n) is 15.3. The Labute approximate surface area is 289 Å². The van der Waals surface area contributed by atoms with Gasteiger partial charge in [0.15, 0.2) is 4.80 Å². The first kappa shape index (κ1) is 32.7. The summed E-state index contributed by atoms with van der Waals surface area (Å²) in [6, 6.07) is 31.1. The molecule has 1 atom stereocenters. The summed E-state index contributed by atoms with van der Waals surface area (Å²) in [6.45, 7) is 4.58. The third-order valence-electron chi connectivity index (χ3n) is 7.66. The van der Waals surface area contributed by atoms with Crippen molar-refractivity contribution in [2.75, 3.05) is 13.2 Å². The summed E-state index contributed by atoms with van der Waals surface area (Å²) in [5.41, 5.74) is 4.04. The first-order chi connectivity index (χ1) is 23.4. The molecule has 6 rings (SSSR count). The van der Waals surface area contributed by atoms with E-state index in [0.29, 0.717) is 43.2 Å². The van der Waals surface area contributed by atoms with Gasteiger partial charge in [0.2, 0.25) is 0 Å². The zero-order valence-electron chi connectivity index (χ0n) is 26.2. The summed E-state index contributed by atoms with van der Waals surface area (Å²) in [5, 5.41) is 9.40. The van der Waals surface area contributed by atoms with Crippen molar-refractivity contribution in [2.45, 2.75) is 26.5 Å². The average Bonchev–Trinajstić information content (AvgIpc) is 3.42. The summed E-state index contributed by atoms with van der Waals surface area (Å²) in [7, 11) is 0. The Balaban J connectivity index is 1.45. The van der Waals surface area contributed by atoms with E-state index in [-0.39, 0.29) is 24.3 Å². The minimum absolute atomic E-state index is 0.171. The van der Waals surface area contributed by atoms with Gasteiger partial charge >= 0.3 is 5.97 Å². The Hall–Kier alpha value is -5.24. The van der Waals surface area contributed by atoms with Crippen LogP contribution in [0.25, 0.3) is 11.8 Å². The number of carbonyl (C=O) groups excluding carboxylic acids is 1. The number of benzene rings is 4. The fourth-order valence-electron chi connectivity index (χ4n) is 5.45. The number of hydrogen-bond donors (Lipinski definition) is 0. The minimum atomic E-state index is -0.785. The van der Waals surface area contributed by atoms with E-state index in [1.807, 2.05) is 97.9 Å². The van der Waals surface area contributed by atoms with Gasteiger partial charge in [-0.2, -0.15) is 5.26 Å². The van der Waals surface area contributed by atoms with Crippen molar-refractivity contribution in [2.24, 2.45) is 4.99 Å². The highest BCUT2D eigenvalue weighted by atomic mass is 79.9. The highest BCUT2D eigenvalue weighted by molar-refractivity contribution is 9.10. The number of aromatic nitrogens is 1. The van der Waals surface area contributed by atoms with Crippen molar-refractivity contribution in [1.82, 2.24) is 4.57 Å². The van der Waals surface area contributed by atoms with Crippen molar-refractivity contribution in [3.63, 3.8) is 0 Å². The number of halogens is 1. The fraction of sp³-hybridized carbons (Fsp3) is 0.158. The molecule has 0 amide bonds. The second kappa shape index (κ2) is 14.7. The van der Waals surface area contributed by atoms with Gasteiger partial charge in [0.25, 0.3) is 5.56 Å². The van der Waals surface area contributed by atoms with Gasteiger partial charge in [0.1, 0.15) is 18.1 Å². The van der Waals surface area contributed by atoms with E-state index in [0.717, 1.165) is 22.3 Å². The summed E-state index contributed by atoms with van der Waals surface area (Å²) in [4.78, 5) is 33.3. The van der Waals surface area contributed by atoms with Gasteiger partial charge in [-0.3, -0.25) is 9.36 Å². The average molecular weight is 721 g/mol. The van der Waals surface area contributed by atoms with Gasteiger partial charge in [-0.1, -0.05) is 78.1 Å². The number of ether oxygens (including phenoxy) is 3. The molecule has 4 aromatic carbocycles. The Morgan fingerprint density at radius 1 is 0.979 bits per heavy atom. The van der Waals surface area contributed by atoms with Crippen LogP contribution in [0.4, 0.5) is 0 Å². The largest absolute Gasteiger partial charge is 0.494 e. The lowest BCUT2D eigenvalue weighted by Gasteiger charge is -2.26. The normalized spacial score (nSPS) is 14.1. The molecule has 8 nitrogen and oxygen atoms in total. The first-order valence-corrected chi connectivity index (χ1v) is 16.9. The van der Waals surface area contributed by atoms with Crippen LogP contribution in [-0.2, 0) is 16.1 Å². The topological polar surface area (TPSA) is 103 Å². The highest BCUT2D eigenvalue weighted by Crippen LogP contribution is 2.36. The molecule has 5 aromatic rings. The monoisotopic (exact) mass is 719 g/mol. The van der Waals surface area contributed by atoms with E-state index in [1.165, 1.54) is 11.3 Å². The molecule has 1 aromatic heterocycles. The number of nitriles is 1. The molecular formula is C38H30BrN3O5S. The molecule has 0 aliphatic carbocycles. The van der Waals surface area contributed by atoms with Crippen molar-refractivity contribution >= 4 is 45.0 Å². The molecule has 48 heavy (non-hydrogen) atoms. The van der Waals surface area contributed by atoms with Crippen molar-refractivity contribution < 1.29 is 19.0 Å². The summed E-state index contributed by atoms with van der Waals surface area (Å²) >= 11 is 4.85. The molecule has 1 aliphatic rings. The number of rotatable bonds is 10. The van der Waals surface area contributed by atoms with Crippen LogP contribution in [0.3, 0.4) is 0 Å². The molecule has 0 spiro atoms. The number of thiazole rings is 1. The van der Waals surface area contributed by atoms with Gasteiger partial charge < -0.3 is 14.2 Å². The van der Waals surface area contributed by atoms with Crippen LogP contribution in [0.1, 0.15) is 47.7 Å². The number of carbonyl (C=O) groups is 1. The SMILES string of the molecule is CCOC(=O)C1=C(c2ccccc2)N=c2s/c(=C/c3ccc(OCc4ccccc4C#N)c(Br)c3)c(=O)n2[C@H]1c1ccc(OCC)cc1. The molecule has 0 saturated heterocycles. The quantitative estimate of drug-likeness (QED) is 0.152.